The van der Waals surface area contributed by atoms with Crippen LogP contribution >= 0.6 is 0 Å². The van der Waals surface area contributed by atoms with Gasteiger partial charge in [0.25, 0.3) is 0 Å². The van der Waals surface area contributed by atoms with E-state index in [1.165, 1.54) is 6.07 Å². The zero-order valence-corrected chi connectivity index (χ0v) is 21.1. The molecular weight excluding hydrogens is 462 g/mol. The highest BCUT2D eigenvalue weighted by Crippen LogP contribution is 2.39. The highest BCUT2D eigenvalue weighted by molar-refractivity contribution is 7.89. The molecule has 186 valence electrons. The molecule has 1 unspecified atom stereocenters. The summed E-state index contributed by atoms with van der Waals surface area (Å²) < 4.78 is 30.2. The Morgan fingerprint density at radius 2 is 1.71 bits per heavy atom. The van der Waals surface area contributed by atoms with Crippen molar-refractivity contribution >= 4 is 10.0 Å². The van der Waals surface area contributed by atoms with Crippen LogP contribution in [0.15, 0.2) is 62.6 Å². The van der Waals surface area contributed by atoms with Gasteiger partial charge < -0.3 is 9.52 Å². The molecule has 0 radical (unpaired) electrons. The number of aromatic hydroxyl groups is 1. The average Bonchev–Trinajstić information content (AvgIpc) is 2.79. The van der Waals surface area contributed by atoms with Gasteiger partial charge in [-0.25, -0.2) is 18.4 Å². The monoisotopic (exact) mass is 495 g/mol. The zero-order valence-electron chi connectivity index (χ0n) is 20.3. The summed E-state index contributed by atoms with van der Waals surface area (Å²) in [5.74, 6) is 0.499. The fraction of sp³-hybridized carbons (Fsp3) is 0.393. The molecule has 1 heterocycles. The van der Waals surface area contributed by atoms with Crippen molar-refractivity contribution in [3.8, 4) is 16.9 Å². The lowest BCUT2D eigenvalue weighted by atomic mass is 9.82. The molecule has 3 N–H and O–H groups in total. The zero-order chi connectivity index (χ0) is 25.2. The normalized spacial score (nSPS) is 15.3. The first-order chi connectivity index (χ1) is 16.7. The first kappa shape index (κ1) is 25.2. The van der Waals surface area contributed by atoms with E-state index >= 15 is 0 Å². The second kappa shape index (κ2) is 10.4. The topological polar surface area (TPSA) is 111 Å². The van der Waals surface area contributed by atoms with Crippen LogP contribution in [-0.2, 0) is 22.9 Å². The maximum Gasteiger partial charge on any atom is 0.343 e. The lowest BCUT2D eigenvalue weighted by Crippen LogP contribution is -2.19. The van der Waals surface area contributed by atoms with Gasteiger partial charge in [0.05, 0.1) is 10.5 Å². The van der Waals surface area contributed by atoms with E-state index in [0.717, 1.165) is 36.8 Å². The summed E-state index contributed by atoms with van der Waals surface area (Å²) in [6.07, 6.45) is 6.04. The molecule has 0 aliphatic heterocycles. The van der Waals surface area contributed by atoms with Crippen molar-refractivity contribution in [2.45, 2.75) is 69.6 Å². The third-order valence-electron chi connectivity index (χ3n) is 6.74. The van der Waals surface area contributed by atoms with Crippen LogP contribution in [0.2, 0.25) is 0 Å². The van der Waals surface area contributed by atoms with E-state index in [0.29, 0.717) is 36.1 Å². The predicted molar refractivity (Wildman–Crippen MR) is 137 cm³/mol. The fourth-order valence-electron chi connectivity index (χ4n) is 5.10. The molecule has 0 saturated heterocycles. The number of primary sulfonamides is 1. The molecule has 1 aliphatic carbocycles. The number of nitrogens with two attached hydrogens (primary N) is 1. The first-order valence-electron chi connectivity index (χ1n) is 12.3. The Morgan fingerprint density at radius 3 is 2.43 bits per heavy atom. The maximum absolute atomic E-state index is 13.2. The summed E-state index contributed by atoms with van der Waals surface area (Å²) in [4.78, 5) is 13.3. The Bertz CT molecular complexity index is 1370. The quantitative estimate of drug-likeness (QED) is 0.469. The molecule has 1 aromatic heterocycles. The van der Waals surface area contributed by atoms with E-state index in [2.05, 4.69) is 13.8 Å². The van der Waals surface area contributed by atoms with E-state index in [1.807, 2.05) is 24.3 Å². The van der Waals surface area contributed by atoms with E-state index in [-0.39, 0.29) is 22.1 Å². The highest BCUT2D eigenvalue weighted by atomic mass is 32.2. The fourth-order valence-corrected chi connectivity index (χ4v) is 5.86. The minimum absolute atomic E-state index is 0.0426. The predicted octanol–water partition coefficient (Wildman–Crippen LogP) is 5.50. The number of hydrogen-bond acceptors (Lipinski definition) is 5. The van der Waals surface area contributed by atoms with Gasteiger partial charge in [0.2, 0.25) is 10.0 Å². The minimum Gasteiger partial charge on any atom is -0.507 e. The van der Waals surface area contributed by atoms with E-state index < -0.39 is 21.6 Å². The molecule has 4 rings (SSSR count). The van der Waals surface area contributed by atoms with Crippen LogP contribution in [0, 0.1) is 5.92 Å². The summed E-state index contributed by atoms with van der Waals surface area (Å²) in [6.45, 7) is 4.14. The summed E-state index contributed by atoms with van der Waals surface area (Å²) in [7, 11) is -3.92. The number of sulfonamides is 1. The van der Waals surface area contributed by atoms with Gasteiger partial charge in [-0.2, -0.15) is 0 Å². The van der Waals surface area contributed by atoms with E-state index in [4.69, 9.17) is 9.56 Å². The molecule has 1 atom stereocenters. The van der Waals surface area contributed by atoms with Crippen molar-refractivity contribution < 1.29 is 17.9 Å². The Balaban J connectivity index is 1.87. The van der Waals surface area contributed by atoms with Crippen molar-refractivity contribution in [1.82, 2.24) is 0 Å². The molecule has 0 saturated carbocycles. The molecule has 7 heteroatoms. The average molecular weight is 496 g/mol. The molecule has 3 aromatic rings. The van der Waals surface area contributed by atoms with Crippen LogP contribution in [0.3, 0.4) is 0 Å². The summed E-state index contributed by atoms with van der Waals surface area (Å²) in [5, 5.41) is 16.8. The molecular formula is C28H33NO5S. The van der Waals surface area contributed by atoms with Crippen molar-refractivity contribution in [3.05, 3.63) is 81.4 Å². The molecule has 1 aliphatic rings. The lowest BCUT2D eigenvalue weighted by Gasteiger charge is -2.23. The third kappa shape index (κ3) is 5.52. The number of benzene rings is 2. The number of aryl methyl sites for hydroxylation is 1. The van der Waals surface area contributed by atoms with Gasteiger partial charge in [-0.15, -0.1) is 0 Å². The third-order valence-corrected chi connectivity index (χ3v) is 7.71. The number of hydrogen-bond donors (Lipinski definition) is 2. The second-order valence-corrected chi connectivity index (χ2v) is 11.3. The van der Waals surface area contributed by atoms with Crippen LogP contribution in [0.1, 0.15) is 74.3 Å². The summed E-state index contributed by atoms with van der Waals surface area (Å²) in [5.41, 5.74) is 2.53. The van der Waals surface area contributed by atoms with Gasteiger partial charge in [-0.05, 0) is 48.8 Å². The van der Waals surface area contributed by atoms with E-state index in [9.17, 15) is 18.3 Å². The summed E-state index contributed by atoms with van der Waals surface area (Å²) >= 11 is 0. The largest absolute Gasteiger partial charge is 0.507 e. The smallest absolute Gasteiger partial charge is 0.343 e. The Morgan fingerprint density at radius 1 is 1.00 bits per heavy atom. The van der Waals surface area contributed by atoms with Crippen LogP contribution in [0.5, 0.6) is 5.75 Å². The molecule has 0 amide bonds. The van der Waals surface area contributed by atoms with Crippen molar-refractivity contribution in [3.63, 3.8) is 0 Å². The van der Waals surface area contributed by atoms with Crippen LogP contribution in [0.25, 0.3) is 11.1 Å². The van der Waals surface area contributed by atoms with Gasteiger partial charge in [-0.3, -0.25) is 0 Å². The van der Waals surface area contributed by atoms with Gasteiger partial charge in [0, 0.05) is 23.5 Å². The molecule has 6 nitrogen and oxygen atoms in total. The molecule has 0 bridgehead atoms. The van der Waals surface area contributed by atoms with Gasteiger partial charge in [-0.1, -0.05) is 69.2 Å². The molecule has 2 aromatic carbocycles. The Kier molecular flexibility index (Phi) is 7.47. The minimum atomic E-state index is -3.92. The van der Waals surface area contributed by atoms with Crippen LogP contribution in [0.4, 0.5) is 0 Å². The van der Waals surface area contributed by atoms with Crippen LogP contribution in [-0.4, -0.2) is 13.5 Å². The van der Waals surface area contributed by atoms with Gasteiger partial charge in [0.1, 0.15) is 11.5 Å². The Labute approximate surface area is 206 Å². The maximum atomic E-state index is 13.2. The number of fused-ring (bicyclic) bond motifs is 1. The number of rotatable bonds is 6. The molecule has 35 heavy (non-hydrogen) atoms. The van der Waals surface area contributed by atoms with Crippen LogP contribution < -0.4 is 10.8 Å². The van der Waals surface area contributed by atoms with Gasteiger partial charge >= 0.3 is 5.63 Å². The lowest BCUT2D eigenvalue weighted by molar-refractivity contribution is 0.379. The Hall–Kier alpha value is -2.90. The second-order valence-electron chi connectivity index (χ2n) is 9.82. The molecule has 0 spiro atoms. The van der Waals surface area contributed by atoms with Crippen molar-refractivity contribution in [1.29, 1.82) is 0 Å². The van der Waals surface area contributed by atoms with Crippen molar-refractivity contribution in [2.24, 2.45) is 11.1 Å². The van der Waals surface area contributed by atoms with Crippen molar-refractivity contribution in [2.75, 3.05) is 0 Å². The molecule has 0 fully saturated rings. The summed E-state index contributed by atoms with van der Waals surface area (Å²) in [6, 6.07) is 14.0. The highest BCUT2D eigenvalue weighted by Gasteiger charge is 2.28. The standard InChI is InChI=1S/C28H33NO5S/c1-18(2)16-23(26-27(30)22-13-5-3-4-6-14-24(22)34-28(26)31)20-11-9-10-19(17-20)21-12-7-8-15-25(21)35(29,32)33/h7-12,15,17-18,23,30H,3-6,13-14,16H2,1-2H3,(H2,29,32,33). The SMILES string of the molecule is CC(C)CC(c1cccc(-c2ccccc2S(N)(=O)=O)c1)c1c(O)c2c(oc1=O)CCCCCC2. The first-order valence-corrected chi connectivity index (χ1v) is 13.8. The van der Waals surface area contributed by atoms with Gasteiger partial charge in [0.15, 0.2) is 0 Å². The van der Waals surface area contributed by atoms with E-state index in [1.54, 1.807) is 18.2 Å².